The molecular weight excluding hydrogens is 399 g/mol. The second kappa shape index (κ2) is 8.37. The van der Waals surface area contributed by atoms with E-state index in [4.69, 9.17) is 4.74 Å². The van der Waals surface area contributed by atoms with Gasteiger partial charge in [0.05, 0.1) is 24.6 Å². The van der Waals surface area contributed by atoms with Crippen molar-refractivity contribution in [1.82, 2.24) is 4.98 Å². The molecule has 3 aromatic rings. The van der Waals surface area contributed by atoms with E-state index in [0.29, 0.717) is 26.6 Å². The average Bonchev–Trinajstić information content (AvgIpc) is 3.07. The number of pyridine rings is 1. The zero-order chi connectivity index (χ0) is 21.1. The van der Waals surface area contributed by atoms with E-state index in [1.54, 1.807) is 61.5 Å². The number of ether oxygens (including phenoxy) is 1. The summed E-state index contributed by atoms with van der Waals surface area (Å²) in [5.41, 5.74) is 0.147. The Labute approximate surface area is 171 Å². The molecule has 152 valence electrons. The highest BCUT2D eigenvalue weighted by Crippen LogP contribution is 2.44. The van der Waals surface area contributed by atoms with E-state index in [0.717, 1.165) is 11.3 Å². The van der Waals surface area contributed by atoms with Crippen molar-refractivity contribution in [3.8, 4) is 0 Å². The number of nitrogens with zero attached hydrogens (tertiary/aromatic N) is 1. The summed E-state index contributed by atoms with van der Waals surface area (Å²) in [7, 11) is 1.28. The largest absolute Gasteiger partial charge is 0.465 e. The molecule has 2 heterocycles. The fourth-order valence-electron chi connectivity index (χ4n) is 3.57. The first-order valence-corrected chi connectivity index (χ1v) is 9.78. The van der Waals surface area contributed by atoms with Gasteiger partial charge < -0.3 is 4.74 Å². The monoisotopic (exact) mass is 419 g/mol. The Balaban J connectivity index is 2.18. The normalized spacial score (nSPS) is 13.7. The van der Waals surface area contributed by atoms with Gasteiger partial charge in [-0.2, -0.15) is 13.2 Å². The maximum atomic E-state index is 13.8. The highest BCUT2D eigenvalue weighted by molar-refractivity contribution is 7.14. The van der Waals surface area contributed by atoms with Crippen molar-refractivity contribution in [2.45, 2.75) is 31.4 Å². The highest BCUT2D eigenvalue weighted by Gasteiger charge is 2.46. The maximum absolute atomic E-state index is 13.8. The fraction of sp³-hybridized carbons (Fsp3) is 0.273. The van der Waals surface area contributed by atoms with Gasteiger partial charge in [0.15, 0.2) is 0 Å². The van der Waals surface area contributed by atoms with E-state index in [2.05, 4.69) is 4.98 Å². The number of esters is 1. The predicted molar refractivity (Wildman–Crippen MR) is 106 cm³/mol. The third-order valence-electron chi connectivity index (χ3n) is 4.80. The van der Waals surface area contributed by atoms with Crippen LogP contribution in [-0.4, -0.2) is 24.2 Å². The molecule has 0 saturated carbocycles. The van der Waals surface area contributed by atoms with Crippen LogP contribution < -0.4 is 0 Å². The molecule has 1 aromatic carbocycles. The number of benzene rings is 1. The molecule has 3 nitrogen and oxygen atoms in total. The molecule has 0 saturated heterocycles. The molecule has 0 aliphatic rings. The van der Waals surface area contributed by atoms with Gasteiger partial charge >= 0.3 is 12.1 Å². The van der Waals surface area contributed by atoms with Crippen molar-refractivity contribution in [1.29, 1.82) is 0 Å². The van der Waals surface area contributed by atoms with Gasteiger partial charge in [-0.1, -0.05) is 36.4 Å². The van der Waals surface area contributed by atoms with Crippen LogP contribution in [0.1, 0.15) is 37.8 Å². The number of hydrogen-bond donors (Lipinski definition) is 0. The van der Waals surface area contributed by atoms with E-state index >= 15 is 0 Å². The van der Waals surface area contributed by atoms with E-state index in [-0.39, 0.29) is 6.42 Å². The van der Waals surface area contributed by atoms with Crippen molar-refractivity contribution in [2.75, 3.05) is 7.11 Å². The Morgan fingerprint density at radius 3 is 2.38 bits per heavy atom. The highest BCUT2D eigenvalue weighted by atomic mass is 32.1. The fourth-order valence-corrected chi connectivity index (χ4v) is 4.77. The molecule has 1 unspecified atom stereocenters. The van der Waals surface area contributed by atoms with Crippen molar-refractivity contribution in [3.63, 3.8) is 0 Å². The van der Waals surface area contributed by atoms with E-state index < -0.39 is 24.0 Å². The molecule has 29 heavy (non-hydrogen) atoms. The lowest BCUT2D eigenvalue weighted by Gasteiger charge is -2.34. The lowest BCUT2D eigenvalue weighted by Crippen LogP contribution is -2.36. The summed E-state index contributed by atoms with van der Waals surface area (Å²) in [6, 6.07) is 15.4. The van der Waals surface area contributed by atoms with E-state index in [1.165, 1.54) is 13.3 Å². The van der Waals surface area contributed by atoms with Crippen LogP contribution in [0, 0.1) is 6.92 Å². The molecule has 2 aromatic heterocycles. The van der Waals surface area contributed by atoms with Crippen molar-refractivity contribution in [2.24, 2.45) is 0 Å². The Bertz CT molecular complexity index is 929. The molecule has 0 spiro atoms. The van der Waals surface area contributed by atoms with Crippen molar-refractivity contribution in [3.05, 3.63) is 87.4 Å². The van der Waals surface area contributed by atoms with Crippen LogP contribution in [-0.2, 0) is 16.6 Å². The Kier molecular flexibility index (Phi) is 6.07. The Hall–Kier alpha value is -2.67. The van der Waals surface area contributed by atoms with Gasteiger partial charge in [0.2, 0.25) is 0 Å². The summed E-state index contributed by atoms with van der Waals surface area (Å²) in [5, 5.41) is 0. The number of methoxy groups -OCH3 is 1. The van der Waals surface area contributed by atoms with Gasteiger partial charge in [0, 0.05) is 11.1 Å². The summed E-state index contributed by atoms with van der Waals surface area (Å²) in [5.74, 6) is -0.488. The lowest BCUT2D eigenvalue weighted by molar-refractivity contribution is -0.145. The van der Waals surface area contributed by atoms with Crippen LogP contribution in [0.2, 0.25) is 0 Å². The number of halogens is 3. The third kappa shape index (κ3) is 4.67. The Morgan fingerprint density at radius 2 is 1.79 bits per heavy atom. The molecule has 1 atom stereocenters. The van der Waals surface area contributed by atoms with E-state index in [1.807, 2.05) is 0 Å². The van der Waals surface area contributed by atoms with Gasteiger partial charge in [-0.25, -0.2) is 4.79 Å². The summed E-state index contributed by atoms with van der Waals surface area (Å²) in [6.07, 6.45) is -3.91. The first-order chi connectivity index (χ1) is 13.7. The van der Waals surface area contributed by atoms with Crippen LogP contribution in [0.15, 0.2) is 60.8 Å². The zero-order valence-electron chi connectivity index (χ0n) is 16.0. The number of thiophene rings is 1. The molecule has 3 rings (SSSR count). The minimum Gasteiger partial charge on any atom is -0.465 e. The summed E-state index contributed by atoms with van der Waals surface area (Å²) in [6.45, 7) is 1.75. The van der Waals surface area contributed by atoms with E-state index in [9.17, 15) is 18.0 Å². The molecular formula is C22H20F3NO2S. The summed E-state index contributed by atoms with van der Waals surface area (Å²) in [4.78, 5) is 17.3. The van der Waals surface area contributed by atoms with Gasteiger partial charge in [-0.3, -0.25) is 4.98 Å². The van der Waals surface area contributed by atoms with Crippen LogP contribution in [0.4, 0.5) is 13.2 Å². The van der Waals surface area contributed by atoms with Crippen molar-refractivity contribution < 1.29 is 22.7 Å². The third-order valence-corrected chi connectivity index (χ3v) is 6.02. The topological polar surface area (TPSA) is 39.2 Å². The Morgan fingerprint density at radius 1 is 1.10 bits per heavy atom. The quantitative estimate of drug-likeness (QED) is 0.480. The summed E-state index contributed by atoms with van der Waals surface area (Å²) < 4.78 is 46.2. The van der Waals surface area contributed by atoms with Gasteiger partial charge in [0.25, 0.3) is 0 Å². The van der Waals surface area contributed by atoms with Gasteiger partial charge in [-0.05, 0) is 42.7 Å². The SMILES string of the molecule is COC(=O)c1sc(CC(CC(F)(F)F)(c2ccccc2)c2ccccn2)cc1C. The lowest BCUT2D eigenvalue weighted by atomic mass is 9.71. The second-order valence-corrected chi connectivity index (χ2v) is 7.99. The minimum absolute atomic E-state index is 0.0655. The molecule has 0 aliphatic heterocycles. The molecule has 0 amide bonds. The standard InChI is InChI=1S/C22H20F3NO2S/c1-15-12-17(29-19(15)20(27)28-2)13-21(14-22(23,24)25,16-8-4-3-5-9-16)18-10-6-7-11-26-18/h3-12H,13-14H2,1-2H3. The molecule has 0 radical (unpaired) electrons. The van der Waals surface area contributed by atoms with Crippen LogP contribution in [0.25, 0.3) is 0 Å². The smallest absolute Gasteiger partial charge is 0.390 e. The average molecular weight is 419 g/mol. The number of rotatable bonds is 6. The first kappa shape index (κ1) is 21.0. The molecule has 7 heteroatoms. The number of hydrogen-bond acceptors (Lipinski definition) is 4. The van der Waals surface area contributed by atoms with Crippen molar-refractivity contribution >= 4 is 17.3 Å². The predicted octanol–water partition coefficient (Wildman–Crippen LogP) is 5.72. The number of aromatic nitrogens is 1. The molecule has 0 fully saturated rings. The second-order valence-electron chi connectivity index (χ2n) is 6.85. The minimum atomic E-state index is -4.41. The number of alkyl halides is 3. The first-order valence-electron chi connectivity index (χ1n) is 8.96. The molecule has 0 aliphatic carbocycles. The zero-order valence-corrected chi connectivity index (χ0v) is 16.8. The number of carbonyl (C=O) groups excluding carboxylic acids is 1. The molecule has 0 N–H and O–H groups in total. The van der Waals surface area contributed by atoms with Crippen LogP contribution >= 0.6 is 11.3 Å². The molecule has 0 bridgehead atoms. The maximum Gasteiger partial charge on any atom is 0.390 e. The number of aryl methyl sites for hydroxylation is 1. The van der Waals surface area contributed by atoms with Crippen LogP contribution in [0.3, 0.4) is 0 Å². The van der Waals surface area contributed by atoms with Crippen LogP contribution in [0.5, 0.6) is 0 Å². The van der Waals surface area contributed by atoms with Gasteiger partial charge in [0.1, 0.15) is 4.88 Å². The summed E-state index contributed by atoms with van der Waals surface area (Å²) >= 11 is 1.16. The number of carbonyl (C=O) groups is 1. The van der Waals surface area contributed by atoms with Gasteiger partial charge in [-0.15, -0.1) is 11.3 Å².